The van der Waals surface area contributed by atoms with Gasteiger partial charge in [0.2, 0.25) is 5.95 Å². The largest absolute Gasteiger partial charge is 0.494 e. The molecule has 2 aromatic rings. The van der Waals surface area contributed by atoms with E-state index in [9.17, 15) is 5.26 Å². The van der Waals surface area contributed by atoms with Gasteiger partial charge in [0.1, 0.15) is 6.07 Å². The number of anilines is 2. The van der Waals surface area contributed by atoms with Crippen molar-refractivity contribution in [1.29, 1.82) is 5.26 Å². The summed E-state index contributed by atoms with van der Waals surface area (Å²) in [6.45, 7) is 2.83. The predicted molar refractivity (Wildman–Crippen MR) is 104 cm³/mol. The summed E-state index contributed by atoms with van der Waals surface area (Å²) in [7, 11) is 1.62. The first kappa shape index (κ1) is 17.1. The molecule has 1 aromatic heterocycles. The van der Waals surface area contributed by atoms with Gasteiger partial charge < -0.3 is 14.5 Å². The lowest BCUT2D eigenvalue weighted by Crippen LogP contribution is -2.49. The molecule has 0 spiro atoms. The van der Waals surface area contributed by atoms with Crippen molar-refractivity contribution in [2.24, 2.45) is 5.92 Å². The summed E-state index contributed by atoms with van der Waals surface area (Å²) in [5, 5.41) is 9.54. The molecule has 1 aromatic carbocycles. The normalized spacial score (nSPS) is 22.0. The highest BCUT2D eigenvalue weighted by Gasteiger charge is 2.39. The van der Waals surface area contributed by atoms with Crippen LogP contribution in [-0.2, 0) is 0 Å². The first-order valence-corrected chi connectivity index (χ1v) is 9.56. The summed E-state index contributed by atoms with van der Waals surface area (Å²) >= 11 is 3.46. The molecule has 7 heteroatoms. The fourth-order valence-electron chi connectivity index (χ4n) is 4.05. The lowest BCUT2D eigenvalue weighted by molar-refractivity contribution is 0.385. The van der Waals surface area contributed by atoms with Gasteiger partial charge in [0.25, 0.3) is 0 Å². The number of halogens is 1. The van der Waals surface area contributed by atoms with Crippen LogP contribution >= 0.6 is 15.9 Å². The van der Waals surface area contributed by atoms with Gasteiger partial charge in [-0.2, -0.15) is 5.26 Å². The number of nitrogens with zero attached hydrogens (tertiary/aromatic N) is 5. The third-order valence-corrected chi connectivity index (χ3v) is 5.88. The summed E-state index contributed by atoms with van der Waals surface area (Å²) in [5.74, 6) is 2.06. The zero-order valence-electron chi connectivity index (χ0n) is 14.6. The van der Waals surface area contributed by atoms with Crippen LogP contribution in [0.2, 0.25) is 0 Å². The molecule has 0 radical (unpaired) electrons. The van der Waals surface area contributed by atoms with Crippen molar-refractivity contribution in [1.82, 2.24) is 9.97 Å². The zero-order valence-corrected chi connectivity index (χ0v) is 16.2. The molecule has 26 heavy (non-hydrogen) atoms. The van der Waals surface area contributed by atoms with Gasteiger partial charge in [0, 0.05) is 30.1 Å². The molecule has 2 saturated heterocycles. The second kappa shape index (κ2) is 7.12. The average Bonchev–Trinajstić information content (AvgIpc) is 3.11. The fraction of sp³-hybridized carbons (Fsp3) is 0.421. The van der Waals surface area contributed by atoms with E-state index < -0.39 is 0 Å². The Morgan fingerprint density at radius 1 is 1.23 bits per heavy atom. The number of piperidine rings is 1. The molecule has 3 heterocycles. The van der Waals surface area contributed by atoms with E-state index in [0.29, 0.717) is 17.7 Å². The van der Waals surface area contributed by atoms with Crippen LogP contribution in [0.3, 0.4) is 0 Å². The maximum absolute atomic E-state index is 9.54. The Bertz CT molecular complexity index is 835. The van der Waals surface area contributed by atoms with Gasteiger partial charge in [0.15, 0.2) is 5.75 Å². The van der Waals surface area contributed by atoms with Gasteiger partial charge in [0.05, 0.1) is 30.8 Å². The van der Waals surface area contributed by atoms with Crippen LogP contribution in [-0.4, -0.2) is 42.8 Å². The standard InChI is InChI=1S/C19H20BrN5O/c1-26-16-10-22-19(23-11-16)24-6-4-13-5-7-25(18(13)12-24)17-3-2-15(20)8-14(17)9-21/h2-3,8,10-11,13,18H,4-7,12H2,1H3. The third kappa shape index (κ3) is 3.10. The summed E-state index contributed by atoms with van der Waals surface area (Å²) in [4.78, 5) is 13.5. The van der Waals surface area contributed by atoms with Crippen molar-refractivity contribution >= 4 is 27.6 Å². The van der Waals surface area contributed by atoms with Crippen LogP contribution in [0.4, 0.5) is 11.6 Å². The van der Waals surface area contributed by atoms with E-state index in [1.54, 1.807) is 19.5 Å². The lowest BCUT2D eigenvalue weighted by atomic mass is 9.92. The van der Waals surface area contributed by atoms with Gasteiger partial charge in [-0.05, 0) is 37.0 Å². The van der Waals surface area contributed by atoms with E-state index in [1.807, 2.05) is 18.2 Å². The SMILES string of the molecule is COc1cnc(N2CCC3CCN(c4ccc(Br)cc4C#N)C3C2)nc1. The molecule has 4 rings (SSSR count). The minimum Gasteiger partial charge on any atom is -0.494 e. The highest BCUT2D eigenvalue weighted by molar-refractivity contribution is 9.10. The average molecular weight is 414 g/mol. The second-order valence-electron chi connectivity index (χ2n) is 6.74. The number of hydrogen-bond acceptors (Lipinski definition) is 6. The third-order valence-electron chi connectivity index (χ3n) is 5.38. The molecule has 0 saturated carbocycles. The molecule has 0 bridgehead atoms. The van der Waals surface area contributed by atoms with E-state index >= 15 is 0 Å². The minimum absolute atomic E-state index is 0.378. The molecule has 0 aliphatic carbocycles. The van der Waals surface area contributed by atoms with Gasteiger partial charge in [-0.1, -0.05) is 15.9 Å². The lowest BCUT2D eigenvalue weighted by Gasteiger charge is -2.39. The van der Waals surface area contributed by atoms with E-state index in [-0.39, 0.29) is 0 Å². The monoisotopic (exact) mass is 413 g/mol. The first-order chi connectivity index (χ1) is 12.7. The molecule has 0 amide bonds. The van der Waals surface area contributed by atoms with Crippen molar-refractivity contribution < 1.29 is 4.74 Å². The highest BCUT2D eigenvalue weighted by Crippen LogP contribution is 2.37. The van der Waals surface area contributed by atoms with E-state index in [4.69, 9.17) is 4.74 Å². The quantitative estimate of drug-likeness (QED) is 0.769. The maximum Gasteiger partial charge on any atom is 0.225 e. The van der Waals surface area contributed by atoms with Crippen molar-refractivity contribution in [3.8, 4) is 11.8 Å². The van der Waals surface area contributed by atoms with Gasteiger partial charge in [-0.15, -0.1) is 0 Å². The Hall–Kier alpha value is -2.33. The number of aromatic nitrogens is 2. The highest BCUT2D eigenvalue weighted by atomic mass is 79.9. The van der Waals surface area contributed by atoms with Crippen molar-refractivity contribution in [2.45, 2.75) is 18.9 Å². The summed E-state index contributed by atoms with van der Waals surface area (Å²) in [6, 6.07) is 8.68. The Kier molecular flexibility index (Phi) is 4.68. The van der Waals surface area contributed by atoms with Crippen molar-refractivity contribution in [3.05, 3.63) is 40.6 Å². The Labute approximate surface area is 161 Å². The molecule has 2 fully saturated rings. The number of nitriles is 1. The number of hydrogen-bond donors (Lipinski definition) is 0. The number of ether oxygens (including phenoxy) is 1. The molecule has 2 aliphatic rings. The Balaban J connectivity index is 1.58. The molecule has 2 aliphatic heterocycles. The molecule has 0 N–H and O–H groups in total. The van der Waals surface area contributed by atoms with Crippen LogP contribution in [0.1, 0.15) is 18.4 Å². The zero-order chi connectivity index (χ0) is 18.1. The smallest absolute Gasteiger partial charge is 0.225 e. The van der Waals surface area contributed by atoms with Crippen LogP contribution in [0.25, 0.3) is 0 Å². The Morgan fingerprint density at radius 2 is 2.00 bits per heavy atom. The van der Waals surface area contributed by atoms with Gasteiger partial charge in [-0.3, -0.25) is 0 Å². The molecule has 2 atom stereocenters. The Morgan fingerprint density at radius 3 is 2.73 bits per heavy atom. The topological polar surface area (TPSA) is 65.3 Å². The van der Waals surface area contributed by atoms with Crippen molar-refractivity contribution in [2.75, 3.05) is 36.5 Å². The fourth-order valence-corrected chi connectivity index (χ4v) is 4.41. The number of fused-ring (bicyclic) bond motifs is 1. The van der Waals surface area contributed by atoms with E-state index in [1.165, 1.54) is 6.42 Å². The van der Waals surface area contributed by atoms with Crippen LogP contribution in [0.5, 0.6) is 5.75 Å². The minimum atomic E-state index is 0.378. The van der Waals surface area contributed by atoms with Gasteiger partial charge >= 0.3 is 0 Å². The molecule has 134 valence electrons. The number of rotatable bonds is 3. The van der Waals surface area contributed by atoms with E-state index in [2.05, 4.69) is 41.8 Å². The van der Waals surface area contributed by atoms with Gasteiger partial charge in [-0.25, -0.2) is 9.97 Å². The van der Waals surface area contributed by atoms with Crippen molar-refractivity contribution in [3.63, 3.8) is 0 Å². The van der Waals surface area contributed by atoms with Crippen LogP contribution < -0.4 is 14.5 Å². The number of benzene rings is 1. The number of methoxy groups -OCH3 is 1. The molecular weight excluding hydrogens is 394 g/mol. The summed E-state index contributed by atoms with van der Waals surface area (Å²) < 4.78 is 6.09. The second-order valence-corrected chi connectivity index (χ2v) is 7.66. The molecule has 2 unspecified atom stereocenters. The molecular formula is C19H20BrN5O. The first-order valence-electron chi connectivity index (χ1n) is 8.77. The predicted octanol–water partition coefficient (Wildman–Crippen LogP) is 3.22. The summed E-state index contributed by atoms with van der Waals surface area (Å²) in [6.07, 6.45) is 5.71. The van der Waals surface area contributed by atoms with Crippen LogP contribution in [0.15, 0.2) is 35.1 Å². The van der Waals surface area contributed by atoms with E-state index in [0.717, 1.165) is 47.7 Å². The molecule has 6 nitrogen and oxygen atoms in total. The van der Waals surface area contributed by atoms with Crippen LogP contribution in [0, 0.1) is 17.2 Å². The maximum atomic E-state index is 9.54. The summed E-state index contributed by atoms with van der Waals surface area (Å²) in [5.41, 5.74) is 1.75.